The Kier molecular flexibility index (Phi) is 2.77. The highest BCUT2D eigenvalue weighted by atomic mass is 16.5. The minimum Gasteiger partial charge on any atom is -0.497 e. The summed E-state index contributed by atoms with van der Waals surface area (Å²) in [6, 6.07) is 3.73. The fraction of sp³-hybridized carbons (Fsp3) is 0.600. The van der Waals surface area contributed by atoms with E-state index in [0.717, 1.165) is 30.0 Å². The highest BCUT2D eigenvalue weighted by molar-refractivity contribution is 5.76. The van der Waals surface area contributed by atoms with Crippen LogP contribution in [-0.2, 0) is 11.2 Å². The summed E-state index contributed by atoms with van der Waals surface area (Å²) in [4.78, 5) is 16.1. The molecule has 1 heterocycles. The van der Waals surface area contributed by atoms with Gasteiger partial charge in [-0.05, 0) is 38.0 Å². The molecule has 1 aromatic rings. The number of aliphatic carboxylic acids is 1. The molecule has 0 spiro atoms. The standard InChI is InChI=1S/C15H19NO3/c1-9-3-13(19-2)5-12(16-9)8-15(14(17)18)6-10-4-11(10)7-15/h3,5,10-11H,4,6-8H2,1-2H3,(H,17,18). The van der Waals surface area contributed by atoms with E-state index >= 15 is 0 Å². The molecule has 102 valence electrons. The lowest BCUT2D eigenvalue weighted by Crippen LogP contribution is -2.32. The zero-order valence-corrected chi connectivity index (χ0v) is 11.3. The molecular weight excluding hydrogens is 242 g/mol. The van der Waals surface area contributed by atoms with Crippen LogP contribution < -0.4 is 4.74 Å². The molecule has 2 saturated carbocycles. The molecule has 0 radical (unpaired) electrons. The first kappa shape index (κ1) is 12.5. The van der Waals surface area contributed by atoms with Crippen molar-refractivity contribution in [3.63, 3.8) is 0 Å². The van der Waals surface area contributed by atoms with Crippen LogP contribution in [0.15, 0.2) is 12.1 Å². The quantitative estimate of drug-likeness (QED) is 0.904. The van der Waals surface area contributed by atoms with Gasteiger partial charge < -0.3 is 9.84 Å². The van der Waals surface area contributed by atoms with Gasteiger partial charge in [-0.3, -0.25) is 9.78 Å². The van der Waals surface area contributed by atoms with Crippen molar-refractivity contribution in [2.24, 2.45) is 17.3 Å². The van der Waals surface area contributed by atoms with Crippen LogP contribution in [0.25, 0.3) is 0 Å². The van der Waals surface area contributed by atoms with Crippen molar-refractivity contribution in [3.05, 3.63) is 23.5 Å². The van der Waals surface area contributed by atoms with E-state index in [1.165, 1.54) is 6.42 Å². The molecule has 3 rings (SSSR count). The second-order valence-corrected chi connectivity index (χ2v) is 6.07. The molecule has 2 aliphatic carbocycles. The second kappa shape index (κ2) is 4.22. The number of carboxylic acid groups (broad SMARTS) is 1. The molecule has 19 heavy (non-hydrogen) atoms. The average Bonchev–Trinajstić information content (AvgIpc) is 2.96. The number of fused-ring (bicyclic) bond motifs is 1. The zero-order chi connectivity index (χ0) is 13.6. The van der Waals surface area contributed by atoms with Gasteiger partial charge in [-0.2, -0.15) is 0 Å². The largest absolute Gasteiger partial charge is 0.497 e. The van der Waals surface area contributed by atoms with Gasteiger partial charge in [0.05, 0.1) is 12.5 Å². The summed E-state index contributed by atoms with van der Waals surface area (Å²) >= 11 is 0. The molecule has 1 aromatic heterocycles. The molecule has 0 aromatic carbocycles. The number of methoxy groups -OCH3 is 1. The first-order valence-corrected chi connectivity index (χ1v) is 6.77. The predicted octanol–water partition coefficient (Wildman–Crippen LogP) is 2.44. The van der Waals surface area contributed by atoms with Crippen LogP contribution in [0.5, 0.6) is 5.75 Å². The van der Waals surface area contributed by atoms with Crippen LogP contribution in [-0.4, -0.2) is 23.2 Å². The van der Waals surface area contributed by atoms with Crippen LogP contribution in [0, 0.1) is 24.2 Å². The lowest BCUT2D eigenvalue weighted by molar-refractivity contribution is -0.149. The van der Waals surface area contributed by atoms with Gasteiger partial charge in [0, 0.05) is 29.9 Å². The van der Waals surface area contributed by atoms with E-state index in [-0.39, 0.29) is 0 Å². The van der Waals surface area contributed by atoms with Crippen LogP contribution in [0.3, 0.4) is 0 Å². The summed E-state index contributed by atoms with van der Waals surface area (Å²) in [7, 11) is 1.62. The second-order valence-electron chi connectivity index (χ2n) is 6.07. The Balaban J connectivity index is 1.86. The molecular formula is C15H19NO3. The Morgan fingerprint density at radius 1 is 1.47 bits per heavy atom. The van der Waals surface area contributed by atoms with Crippen molar-refractivity contribution in [3.8, 4) is 5.75 Å². The number of carboxylic acids is 1. The van der Waals surface area contributed by atoms with E-state index in [4.69, 9.17) is 4.74 Å². The lowest BCUT2D eigenvalue weighted by Gasteiger charge is -2.25. The normalized spacial score (nSPS) is 31.9. The SMILES string of the molecule is COc1cc(C)nc(CC2(C(=O)O)CC3CC3C2)c1. The Labute approximate surface area is 112 Å². The number of aromatic nitrogens is 1. The van der Waals surface area contributed by atoms with Gasteiger partial charge in [-0.15, -0.1) is 0 Å². The maximum Gasteiger partial charge on any atom is 0.310 e. The van der Waals surface area contributed by atoms with Crippen molar-refractivity contribution in [1.82, 2.24) is 4.98 Å². The smallest absolute Gasteiger partial charge is 0.310 e. The van der Waals surface area contributed by atoms with Crippen molar-refractivity contribution in [2.75, 3.05) is 7.11 Å². The number of rotatable bonds is 4. The van der Waals surface area contributed by atoms with Crippen LogP contribution in [0.2, 0.25) is 0 Å². The summed E-state index contributed by atoms with van der Waals surface area (Å²) in [5, 5.41) is 9.60. The fourth-order valence-corrected chi connectivity index (χ4v) is 3.55. The summed E-state index contributed by atoms with van der Waals surface area (Å²) < 4.78 is 5.24. The van der Waals surface area contributed by atoms with E-state index in [1.807, 2.05) is 19.1 Å². The average molecular weight is 261 g/mol. The first-order valence-electron chi connectivity index (χ1n) is 6.77. The number of hydrogen-bond donors (Lipinski definition) is 1. The minimum absolute atomic E-state index is 0.521. The maximum atomic E-state index is 11.7. The van der Waals surface area contributed by atoms with Gasteiger partial charge >= 0.3 is 5.97 Å². The zero-order valence-electron chi connectivity index (χ0n) is 11.3. The van der Waals surface area contributed by atoms with E-state index in [1.54, 1.807) is 7.11 Å². The molecule has 0 aliphatic heterocycles. The van der Waals surface area contributed by atoms with E-state index in [0.29, 0.717) is 18.3 Å². The Bertz CT molecular complexity index is 516. The van der Waals surface area contributed by atoms with Gasteiger partial charge in [0.25, 0.3) is 0 Å². The van der Waals surface area contributed by atoms with E-state index in [2.05, 4.69) is 4.98 Å². The molecule has 2 unspecified atom stereocenters. The number of nitrogens with zero attached hydrogens (tertiary/aromatic N) is 1. The third kappa shape index (κ3) is 2.20. The molecule has 1 N–H and O–H groups in total. The van der Waals surface area contributed by atoms with Crippen LogP contribution in [0.1, 0.15) is 30.7 Å². The lowest BCUT2D eigenvalue weighted by atomic mass is 9.78. The summed E-state index contributed by atoms with van der Waals surface area (Å²) in [5.74, 6) is 1.37. The third-order valence-electron chi connectivity index (χ3n) is 4.56. The Morgan fingerprint density at radius 3 is 2.74 bits per heavy atom. The van der Waals surface area contributed by atoms with Crippen LogP contribution >= 0.6 is 0 Å². The van der Waals surface area contributed by atoms with Gasteiger partial charge in [0.15, 0.2) is 0 Å². The maximum absolute atomic E-state index is 11.7. The van der Waals surface area contributed by atoms with Crippen molar-refractivity contribution < 1.29 is 14.6 Å². The van der Waals surface area contributed by atoms with Crippen molar-refractivity contribution in [1.29, 1.82) is 0 Å². The number of hydrogen-bond acceptors (Lipinski definition) is 3. The Morgan fingerprint density at radius 2 is 2.16 bits per heavy atom. The molecule has 0 saturated heterocycles. The topological polar surface area (TPSA) is 59.4 Å². The monoisotopic (exact) mass is 261 g/mol. The van der Waals surface area contributed by atoms with Crippen molar-refractivity contribution >= 4 is 5.97 Å². The first-order chi connectivity index (χ1) is 9.02. The molecule has 2 aliphatic rings. The molecule has 2 fully saturated rings. The minimum atomic E-state index is -0.665. The van der Waals surface area contributed by atoms with Gasteiger partial charge in [0.1, 0.15) is 5.75 Å². The van der Waals surface area contributed by atoms with Crippen molar-refractivity contribution in [2.45, 2.75) is 32.6 Å². The number of aryl methyl sites for hydroxylation is 1. The summed E-state index contributed by atoms with van der Waals surface area (Å²) in [5.41, 5.74) is 1.11. The molecule has 2 atom stereocenters. The number of carbonyl (C=O) groups is 1. The number of pyridine rings is 1. The van der Waals surface area contributed by atoms with E-state index < -0.39 is 11.4 Å². The van der Waals surface area contributed by atoms with Gasteiger partial charge in [-0.25, -0.2) is 0 Å². The van der Waals surface area contributed by atoms with Gasteiger partial charge in [-0.1, -0.05) is 0 Å². The van der Waals surface area contributed by atoms with Crippen LogP contribution in [0.4, 0.5) is 0 Å². The molecule has 0 bridgehead atoms. The summed E-state index contributed by atoms with van der Waals surface area (Å²) in [6.07, 6.45) is 3.36. The summed E-state index contributed by atoms with van der Waals surface area (Å²) in [6.45, 7) is 1.91. The van der Waals surface area contributed by atoms with E-state index in [9.17, 15) is 9.90 Å². The molecule has 4 nitrogen and oxygen atoms in total. The fourth-order valence-electron chi connectivity index (χ4n) is 3.55. The molecule has 4 heteroatoms. The highest BCUT2D eigenvalue weighted by Gasteiger charge is 2.57. The number of ether oxygens (including phenoxy) is 1. The van der Waals surface area contributed by atoms with Gasteiger partial charge in [0.2, 0.25) is 0 Å². The third-order valence-corrected chi connectivity index (χ3v) is 4.56. The highest BCUT2D eigenvalue weighted by Crippen LogP contribution is 2.60. The Hall–Kier alpha value is -1.58. The predicted molar refractivity (Wildman–Crippen MR) is 70.1 cm³/mol. The molecule has 0 amide bonds.